The summed E-state index contributed by atoms with van der Waals surface area (Å²) in [5.74, 6) is 0.0174. The molecule has 0 unspecified atom stereocenters. The van der Waals surface area contributed by atoms with Gasteiger partial charge in [-0.1, -0.05) is 24.3 Å². The van der Waals surface area contributed by atoms with Crippen molar-refractivity contribution in [2.24, 2.45) is 0 Å². The molecule has 1 N–H and O–H groups in total. The van der Waals surface area contributed by atoms with Gasteiger partial charge in [-0.3, -0.25) is 4.79 Å². The summed E-state index contributed by atoms with van der Waals surface area (Å²) in [7, 11) is 0. The van der Waals surface area contributed by atoms with Crippen molar-refractivity contribution in [3.05, 3.63) is 67.0 Å². The standard InChI is InChI=1S/C19H21N5O/c1-15(2)23(17-8-4-3-5-9-17)19(25)14-20-16-7-6-10-18(13-16)24-21-11-12-22-24/h3-13,15,20H,14H2,1-2H3. The molecular formula is C19H21N5O. The fourth-order valence-electron chi connectivity index (χ4n) is 2.67. The molecule has 0 aliphatic carbocycles. The third-order valence-corrected chi connectivity index (χ3v) is 3.76. The highest BCUT2D eigenvalue weighted by molar-refractivity contribution is 5.96. The van der Waals surface area contributed by atoms with Crippen LogP contribution in [0.2, 0.25) is 0 Å². The minimum atomic E-state index is 0.0174. The van der Waals surface area contributed by atoms with Crippen LogP contribution in [0, 0.1) is 0 Å². The molecule has 1 amide bonds. The first-order valence-electron chi connectivity index (χ1n) is 8.23. The Labute approximate surface area is 147 Å². The molecule has 0 saturated heterocycles. The second kappa shape index (κ2) is 7.61. The monoisotopic (exact) mass is 335 g/mol. The van der Waals surface area contributed by atoms with E-state index in [1.165, 1.54) is 4.80 Å². The highest BCUT2D eigenvalue weighted by Gasteiger charge is 2.18. The predicted octanol–water partition coefficient (Wildman–Crippen LogP) is 3.12. The van der Waals surface area contributed by atoms with E-state index in [0.717, 1.165) is 17.1 Å². The summed E-state index contributed by atoms with van der Waals surface area (Å²) >= 11 is 0. The Morgan fingerprint density at radius 2 is 1.80 bits per heavy atom. The SMILES string of the molecule is CC(C)N(C(=O)CNc1cccc(-n2nccn2)c1)c1ccccc1. The van der Waals surface area contributed by atoms with Crippen molar-refractivity contribution in [1.82, 2.24) is 15.0 Å². The number of anilines is 2. The largest absolute Gasteiger partial charge is 0.376 e. The van der Waals surface area contributed by atoms with Crippen molar-refractivity contribution < 1.29 is 4.79 Å². The lowest BCUT2D eigenvalue weighted by Crippen LogP contribution is -2.40. The Hall–Kier alpha value is -3.15. The molecule has 6 heteroatoms. The van der Waals surface area contributed by atoms with Crippen molar-refractivity contribution in [2.75, 3.05) is 16.8 Å². The molecule has 0 radical (unpaired) electrons. The molecule has 3 aromatic rings. The number of carbonyl (C=O) groups is 1. The molecule has 0 spiro atoms. The smallest absolute Gasteiger partial charge is 0.246 e. The van der Waals surface area contributed by atoms with Crippen molar-refractivity contribution in [2.45, 2.75) is 19.9 Å². The highest BCUT2D eigenvalue weighted by atomic mass is 16.2. The van der Waals surface area contributed by atoms with Crippen molar-refractivity contribution >= 4 is 17.3 Å². The maximum Gasteiger partial charge on any atom is 0.246 e. The molecule has 1 aromatic heterocycles. The van der Waals surface area contributed by atoms with E-state index >= 15 is 0 Å². The van der Waals surface area contributed by atoms with Crippen molar-refractivity contribution in [3.8, 4) is 5.69 Å². The molecule has 0 atom stereocenters. The molecule has 0 aliphatic rings. The van der Waals surface area contributed by atoms with E-state index in [1.54, 1.807) is 17.3 Å². The number of hydrogen-bond donors (Lipinski definition) is 1. The van der Waals surface area contributed by atoms with Gasteiger partial charge in [-0.2, -0.15) is 15.0 Å². The van der Waals surface area contributed by atoms with E-state index in [1.807, 2.05) is 68.4 Å². The van der Waals surface area contributed by atoms with Crippen LogP contribution in [-0.2, 0) is 4.79 Å². The molecule has 128 valence electrons. The van der Waals surface area contributed by atoms with Crippen LogP contribution in [0.1, 0.15) is 13.8 Å². The number of amides is 1. The van der Waals surface area contributed by atoms with Crippen LogP contribution in [0.5, 0.6) is 0 Å². The number of nitrogens with one attached hydrogen (secondary N) is 1. The zero-order valence-corrected chi connectivity index (χ0v) is 14.3. The van der Waals surface area contributed by atoms with Gasteiger partial charge in [0.15, 0.2) is 0 Å². The fraction of sp³-hybridized carbons (Fsp3) is 0.211. The van der Waals surface area contributed by atoms with E-state index in [9.17, 15) is 4.79 Å². The van der Waals surface area contributed by atoms with E-state index in [-0.39, 0.29) is 18.5 Å². The maximum absolute atomic E-state index is 12.7. The van der Waals surface area contributed by atoms with E-state index in [4.69, 9.17) is 0 Å². The van der Waals surface area contributed by atoms with E-state index in [2.05, 4.69) is 15.5 Å². The van der Waals surface area contributed by atoms with Crippen LogP contribution in [0.25, 0.3) is 5.69 Å². The maximum atomic E-state index is 12.7. The lowest BCUT2D eigenvalue weighted by Gasteiger charge is -2.27. The molecule has 0 aliphatic heterocycles. The Bertz CT molecular complexity index is 815. The third kappa shape index (κ3) is 4.03. The predicted molar refractivity (Wildman–Crippen MR) is 98.9 cm³/mol. The first kappa shape index (κ1) is 16.7. The fourth-order valence-corrected chi connectivity index (χ4v) is 2.67. The first-order chi connectivity index (χ1) is 12.1. The van der Waals surface area contributed by atoms with Gasteiger partial charge in [-0.25, -0.2) is 0 Å². The van der Waals surface area contributed by atoms with Gasteiger partial charge in [0, 0.05) is 17.4 Å². The zero-order valence-electron chi connectivity index (χ0n) is 14.3. The Kier molecular flexibility index (Phi) is 5.09. The number of rotatable bonds is 6. The summed E-state index contributed by atoms with van der Waals surface area (Å²) in [4.78, 5) is 16.0. The summed E-state index contributed by atoms with van der Waals surface area (Å²) in [6, 6.07) is 17.4. The van der Waals surface area contributed by atoms with Crippen LogP contribution in [-0.4, -0.2) is 33.5 Å². The van der Waals surface area contributed by atoms with Gasteiger partial charge in [-0.15, -0.1) is 0 Å². The second-order valence-corrected chi connectivity index (χ2v) is 5.92. The van der Waals surface area contributed by atoms with Gasteiger partial charge in [0.25, 0.3) is 0 Å². The second-order valence-electron chi connectivity index (χ2n) is 5.92. The summed E-state index contributed by atoms with van der Waals surface area (Å²) in [6.45, 7) is 4.23. The van der Waals surface area contributed by atoms with Gasteiger partial charge in [0.2, 0.25) is 5.91 Å². The van der Waals surface area contributed by atoms with Crippen LogP contribution in [0.4, 0.5) is 11.4 Å². The van der Waals surface area contributed by atoms with Crippen LogP contribution in [0.3, 0.4) is 0 Å². The van der Waals surface area contributed by atoms with Crippen LogP contribution in [0.15, 0.2) is 67.0 Å². The molecule has 1 heterocycles. The minimum absolute atomic E-state index is 0.0174. The van der Waals surface area contributed by atoms with Gasteiger partial charge >= 0.3 is 0 Å². The zero-order chi connectivity index (χ0) is 17.6. The molecule has 25 heavy (non-hydrogen) atoms. The van der Waals surface area contributed by atoms with Crippen LogP contribution >= 0.6 is 0 Å². The molecule has 0 bridgehead atoms. The summed E-state index contributed by atoms with van der Waals surface area (Å²) in [5, 5.41) is 11.4. The lowest BCUT2D eigenvalue weighted by molar-refractivity contribution is -0.117. The Balaban J connectivity index is 1.70. The van der Waals surface area contributed by atoms with Crippen molar-refractivity contribution in [3.63, 3.8) is 0 Å². The number of hydrogen-bond acceptors (Lipinski definition) is 4. The Morgan fingerprint density at radius 1 is 1.08 bits per heavy atom. The number of carbonyl (C=O) groups excluding carboxylic acids is 1. The van der Waals surface area contributed by atoms with Gasteiger partial charge < -0.3 is 10.2 Å². The minimum Gasteiger partial charge on any atom is -0.376 e. The number of para-hydroxylation sites is 1. The highest BCUT2D eigenvalue weighted by Crippen LogP contribution is 2.18. The molecular weight excluding hydrogens is 314 g/mol. The molecule has 0 saturated carbocycles. The van der Waals surface area contributed by atoms with Gasteiger partial charge in [-0.05, 0) is 44.2 Å². The molecule has 3 rings (SSSR count). The number of benzene rings is 2. The topological polar surface area (TPSA) is 63.1 Å². The molecule has 2 aromatic carbocycles. The lowest BCUT2D eigenvalue weighted by atomic mass is 10.2. The van der Waals surface area contributed by atoms with E-state index in [0.29, 0.717) is 0 Å². The quantitative estimate of drug-likeness (QED) is 0.752. The summed E-state index contributed by atoms with van der Waals surface area (Å²) in [6.07, 6.45) is 3.26. The summed E-state index contributed by atoms with van der Waals surface area (Å²) < 4.78 is 0. The first-order valence-corrected chi connectivity index (χ1v) is 8.23. The number of nitrogens with zero attached hydrogens (tertiary/aromatic N) is 4. The van der Waals surface area contributed by atoms with Crippen molar-refractivity contribution in [1.29, 1.82) is 0 Å². The number of aromatic nitrogens is 3. The van der Waals surface area contributed by atoms with E-state index < -0.39 is 0 Å². The van der Waals surface area contributed by atoms with Gasteiger partial charge in [0.1, 0.15) is 0 Å². The average Bonchev–Trinajstić information content (AvgIpc) is 3.16. The van der Waals surface area contributed by atoms with Gasteiger partial charge in [0.05, 0.1) is 24.6 Å². The average molecular weight is 335 g/mol. The third-order valence-electron chi connectivity index (χ3n) is 3.76. The Morgan fingerprint density at radius 3 is 2.48 bits per heavy atom. The molecule has 6 nitrogen and oxygen atoms in total. The van der Waals surface area contributed by atoms with Crippen LogP contribution < -0.4 is 10.2 Å². The summed E-state index contributed by atoms with van der Waals surface area (Å²) in [5.41, 5.74) is 2.59. The normalized spacial score (nSPS) is 10.7. The molecule has 0 fully saturated rings.